The van der Waals surface area contributed by atoms with Gasteiger partial charge >= 0.3 is 0 Å². The average Bonchev–Trinajstić information content (AvgIpc) is 3.30. The Morgan fingerprint density at radius 3 is 2.66 bits per heavy atom. The molecule has 6 rings (SSSR count). The van der Waals surface area contributed by atoms with Crippen molar-refractivity contribution in [1.82, 2.24) is 19.4 Å². The first-order chi connectivity index (χ1) is 20.0. The Hall–Kier alpha value is -3.71. The molecule has 0 spiro atoms. The van der Waals surface area contributed by atoms with E-state index >= 15 is 0 Å². The number of aromatic nitrogens is 3. The Morgan fingerprint density at radius 1 is 1.12 bits per heavy atom. The second-order valence-corrected chi connectivity index (χ2v) is 11.0. The Bertz CT molecular complexity index is 1590. The van der Waals surface area contributed by atoms with Crippen LogP contribution in [0.1, 0.15) is 47.8 Å². The molecule has 0 aliphatic carbocycles. The third-order valence-corrected chi connectivity index (χ3v) is 8.17. The van der Waals surface area contributed by atoms with Crippen molar-refractivity contribution in [2.24, 2.45) is 0 Å². The van der Waals surface area contributed by atoms with Gasteiger partial charge in [-0.1, -0.05) is 23.7 Å². The van der Waals surface area contributed by atoms with E-state index in [0.29, 0.717) is 46.8 Å². The molecule has 0 saturated carbocycles. The van der Waals surface area contributed by atoms with Crippen molar-refractivity contribution in [1.29, 1.82) is 5.26 Å². The van der Waals surface area contributed by atoms with E-state index < -0.39 is 5.82 Å². The van der Waals surface area contributed by atoms with E-state index in [0.717, 1.165) is 61.5 Å². The molecule has 8 nitrogen and oxygen atoms in total. The predicted molar refractivity (Wildman–Crippen MR) is 153 cm³/mol. The largest absolute Gasteiger partial charge is 0.494 e. The number of pyridine rings is 1. The zero-order chi connectivity index (χ0) is 28.3. The number of ether oxygens (including phenoxy) is 3. The molecule has 0 N–H and O–H groups in total. The van der Waals surface area contributed by atoms with Gasteiger partial charge in [-0.05, 0) is 56.6 Å². The number of halogens is 2. The number of hydrogen-bond acceptors (Lipinski definition) is 7. The quantitative estimate of drug-likeness (QED) is 0.247. The number of nitriles is 1. The van der Waals surface area contributed by atoms with Gasteiger partial charge in [0.1, 0.15) is 29.5 Å². The minimum absolute atomic E-state index is 0.0887. The molecule has 0 radical (unpaired) electrons. The summed E-state index contributed by atoms with van der Waals surface area (Å²) in [5.74, 6) is 1.96. The molecule has 0 amide bonds. The van der Waals surface area contributed by atoms with Gasteiger partial charge < -0.3 is 18.8 Å². The van der Waals surface area contributed by atoms with E-state index in [1.54, 1.807) is 31.4 Å². The number of fused-ring (bicyclic) bond motifs is 1. The van der Waals surface area contributed by atoms with E-state index in [-0.39, 0.29) is 12.7 Å². The van der Waals surface area contributed by atoms with Crippen molar-refractivity contribution in [2.75, 3.05) is 26.8 Å². The fraction of sp³-hybridized carbons (Fsp3) is 0.387. The van der Waals surface area contributed by atoms with Crippen LogP contribution < -0.4 is 9.47 Å². The fourth-order valence-corrected chi connectivity index (χ4v) is 5.69. The molecule has 4 aromatic rings. The smallest absolute Gasteiger partial charge is 0.213 e. The molecule has 212 valence electrons. The van der Waals surface area contributed by atoms with Crippen LogP contribution in [0.2, 0.25) is 5.02 Å². The lowest BCUT2D eigenvalue weighted by Crippen LogP contribution is -2.35. The summed E-state index contributed by atoms with van der Waals surface area (Å²) in [6, 6.07) is 16.2. The van der Waals surface area contributed by atoms with E-state index in [4.69, 9.17) is 35.8 Å². The Labute approximate surface area is 243 Å². The number of benzene rings is 2. The van der Waals surface area contributed by atoms with Crippen LogP contribution in [0.5, 0.6) is 11.6 Å². The van der Waals surface area contributed by atoms with E-state index in [1.165, 1.54) is 6.07 Å². The Kier molecular flexibility index (Phi) is 8.06. The van der Waals surface area contributed by atoms with Crippen LogP contribution in [-0.4, -0.2) is 52.3 Å². The monoisotopic (exact) mass is 575 g/mol. The van der Waals surface area contributed by atoms with Crippen LogP contribution in [0.25, 0.3) is 11.0 Å². The molecule has 2 saturated heterocycles. The van der Waals surface area contributed by atoms with Crippen molar-refractivity contribution >= 4 is 22.6 Å². The van der Waals surface area contributed by atoms with E-state index in [1.807, 2.05) is 18.2 Å². The van der Waals surface area contributed by atoms with Gasteiger partial charge in [-0.15, -0.1) is 0 Å². The standard InChI is InChI=1S/C31H31ClFN5O3/c1-39-28-14-20(16-34)13-27-31(28)36-29(38(27)17-24-9-12-40-24)18-37-10-7-21(8-11-37)26-3-2-4-30(35-26)41-19-22-5-6-23(32)15-25(22)33/h2-6,13-15,21,24H,7-12,17-19H2,1H3/t24-/m0/s1. The summed E-state index contributed by atoms with van der Waals surface area (Å²) in [4.78, 5) is 12.1. The number of imidazole rings is 1. The summed E-state index contributed by atoms with van der Waals surface area (Å²) in [5.41, 5.74) is 3.65. The normalized spacial score (nSPS) is 17.8. The van der Waals surface area contributed by atoms with Crippen molar-refractivity contribution < 1.29 is 18.6 Å². The number of hydrogen-bond donors (Lipinski definition) is 0. The molecule has 2 aliphatic rings. The predicted octanol–water partition coefficient (Wildman–Crippen LogP) is 5.85. The van der Waals surface area contributed by atoms with Crippen molar-refractivity contribution in [3.8, 4) is 17.7 Å². The Morgan fingerprint density at radius 2 is 1.95 bits per heavy atom. The molecular weight excluding hydrogens is 545 g/mol. The maximum atomic E-state index is 14.1. The highest BCUT2D eigenvalue weighted by molar-refractivity contribution is 6.30. The van der Waals surface area contributed by atoms with Gasteiger partial charge in [-0.2, -0.15) is 5.26 Å². The molecule has 41 heavy (non-hydrogen) atoms. The second kappa shape index (κ2) is 12.0. The van der Waals surface area contributed by atoms with E-state index in [9.17, 15) is 9.65 Å². The highest BCUT2D eigenvalue weighted by Gasteiger charge is 2.27. The first-order valence-electron chi connectivity index (χ1n) is 13.9. The van der Waals surface area contributed by atoms with Crippen LogP contribution >= 0.6 is 11.6 Å². The molecular formula is C31H31ClFN5O3. The summed E-state index contributed by atoms with van der Waals surface area (Å²) < 4.78 is 33.5. The number of piperidine rings is 1. The molecule has 0 bridgehead atoms. The van der Waals surface area contributed by atoms with Crippen LogP contribution in [0.15, 0.2) is 48.5 Å². The van der Waals surface area contributed by atoms with Crippen LogP contribution in [0.3, 0.4) is 0 Å². The minimum Gasteiger partial charge on any atom is -0.494 e. The number of methoxy groups -OCH3 is 1. The third kappa shape index (κ3) is 6.01. The van der Waals surface area contributed by atoms with Gasteiger partial charge in [0.15, 0.2) is 0 Å². The lowest BCUT2D eigenvalue weighted by molar-refractivity contribution is -0.0592. The van der Waals surface area contributed by atoms with Gasteiger partial charge in [-0.3, -0.25) is 4.90 Å². The van der Waals surface area contributed by atoms with Crippen molar-refractivity contribution in [3.05, 3.63) is 82.0 Å². The van der Waals surface area contributed by atoms with Gasteiger partial charge in [0.2, 0.25) is 5.88 Å². The van der Waals surface area contributed by atoms with Gasteiger partial charge in [0.05, 0.1) is 43.5 Å². The Balaban J connectivity index is 1.13. The molecule has 2 aliphatic heterocycles. The summed E-state index contributed by atoms with van der Waals surface area (Å²) >= 11 is 5.85. The summed E-state index contributed by atoms with van der Waals surface area (Å²) in [7, 11) is 1.61. The van der Waals surface area contributed by atoms with Gasteiger partial charge in [0.25, 0.3) is 0 Å². The van der Waals surface area contributed by atoms with Crippen molar-refractivity contribution in [2.45, 2.75) is 51.0 Å². The topological polar surface area (TPSA) is 85.4 Å². The van der Waals surface area contributed by atoms with Gasteiger partial charge in [-0.25, -0.2) is 14.4 Å². The third-order valence-electron chi connectivity index (χ3n) is 7.93. The van der Waals surface area contributed by atoms with Crippen LogP contribution in [0.4, 0.5) is 4.39 Å². The molecule has 1 atom stereocenters. The van der Waals surface area contributed by atoms with E-state index in [2.05, 4.69) is 15.5 Å². The lowest BCUT2D eigenvalue weighted by atomic mass is 9.93. The first kappa shape index (κ1) is 27.5. The summed E-state index contributed by atoms with van der Waals surface area (Å²) in [6.45, 7) is 4.07. The SMILES string of the molecule is COc1cc(C#N)cc2c1nc(CN1CCC(c3cccc(OCc4ccc(Cl)cc4F)n3)CC1)n2C[C@@H]1CCO1. The maximum Gasteiger partial charge on any atom is 0.213 e. The number of nitrogens with zero attached hydrogens (tertiary/aromatic N) is 5. The molecule has 2 aromatic heterocycles. The fourth-order valence-electron chi connectivity index (χ4n) is 5.53. The zero-order valence-corrected chi connectivity index (χ0v) is 23.6. The average molecular weight is 576 g/mol. The molecule has 2 aromatic carbocycles. The highest BCUT2D eigenvalue weighted by Crippen LogP contribution is 2.32. The molecule has 10 heteroatoms. The number of rotatable bonds is 9. The minimum atomic E-state index is -0.390. The second-order valence-electron chi connectivity index (χ2n) is 10.6. The first-order valence-corrected chi connectivity index (χ1v) is 14.2. The summed E-state index contributed by atoms with van der Waals surface area (Å²) in [6.07, 6.45) is 3.08. The highest BCUT2D eigenvalue weighted by atomic mass is 35.5. The van der Waals surface area contributed by atoms with Crippen LogP contribution in [0, 0.1) is 17.1 Å². The van der Waals surface area contributed by atoms with Crippen LogP contribution in [-0.2, 0) is 24.4 Å². The molecule has 0 unspecified atom stereocenters. The number of likely N-dealkylation sites (tertiary alicyclic amines) is 1. The van der Waals surface area contributed by atoms with Gasteiger partial charge in [0, 0.05) is 40.9 Å². The zero-order valence-electron chi connectivity index (χ0n) is 22.9. The molecule has 2 fully saturated rings. The maximum absolute atomic E-state index is 14.1. The van der Waals surface area contributed by atoms with Crippen molar-refractivity contribution in [3.63, 3.8) is 0 Å². The molecule has 4 heterocycles. The lowest BCUT2D eigenvalue weighted by Gasteiger charge is -2.32. The summed E-state index contributed by atoms with van der Waals surface area (Å²) in [5, 5.41) is 9.91.